The first kappa shape index (κ1) is 20.9. The summed E-state index contributed by atoms with van der Waals surface area (Å²) in [5.41, 5.74) is 4.82. The molecule has 0 atom stereocenters. The summed E-state index contributed by atoms with van der Waals surface area (Å²) >= 11 is 0. The summed E-state index contributed by atoms with van der Waals surface area (Å²) in [6.07, 6.45) is 0. The Kier molecular flexibility index (Phi) is 4.11. The van der Waals surface area contributed by atoms with Crippen molar-refractivity contribution in [3.8, 4) is 33.8 Å². The number of rotatable bonds is 1. The molecular weight excluding hydrogens is 472 g/mol. The number of ether oxygens (including phenoxy) is 1. The summed E-state index contributed by atoms with van der Waals surface area (Å²) in [4.78, 5) is 0. The van der Waals surface area contributed by atoms with Crippen molar-refractivity contribution in [2.45, 2.75) is 0 Å². The normalized spacial score (nSPS) is 12.3. The highest BCUT2D eigenvalue weighted by Gasteiger charge is 2.23. The zero-order valence-electron chi connectivity index (χ0n) is 21.1. The van der Waals surface area contributed by atoms with Gasteiger partial charge in [0.05, 0.1) is 0 Å². The summed E-state index contributed by atoms with van der Waals surface area (Å²) in [6, 6.07) is 48.4. The Bertz CT molecular complexity index is 2310. The molecule has 0 fully saturated rings. The van der Waals surface area contributed by atoms with Crippen molar-refractivity contribution in [3.63, 3.8) is 0 Å². The highest BCUT2D eigenvalue weighted by atomic mass is 16.5. The van der Waals surface area contributed by atoms with Crippen molar-refractivity contribution in [2.75, 3.05) is 0 Å². The largest absolute Gasteiger partial charge is 0.455 e. The molecule has 1 nitrogen and oxygen atoms in total. The molecule has 1 heteroatoms. The van der Waals surface area contributed by atoms with E-state index in [1.807, 2.05) is 0 Å². The van der Waals surface area contributed by atoms with Crippen molar-refractivity contribution < 1.29 is 4.74 Å². The minimum absolute atomic E-state index is 0.920. The van der Waals surface area contributed by atoms with Crippen molar-refractivity contribution in [2.24, 2.45) is 0 Å². The van der Waals surface area contributed by atoms with E-state index in [0.717, 1.165) is 22.4 Å². The van der Waals surface area contributed by atoms with Gasteiger partial charge in [0.25, 0.3) is 0 Å². The van der Waals surface area contributed by atoms with Crippen LogP contribution in [0.5, 0.6) is 11.5 Å². The van der Waals surface area contributed by atoms with Crippen LogP contribution in [0.2, 0.25) is 0 Å². The molecule has 0 unspecified atom stereocenters. The third kappa shape index (κ3) is 2.90. The van der Waals surface area contributed by atoms with E-state index in [0.29, 0.717) is 0 Å². The second-order valence-electron chi connectivity index (χ2n) is 10.5. The molecule has 39 heavy (non-hydrogen) atoms. The second-order valence-corrected chi connectivity index (χ2v) is 10.5. The molecule has 0 amide bonds. The molecule has 0 bridgehead atoms. The maximum atomic E-state index is 6.82. The lowest BCUT2D eigenvalue weighted by Crippen LogP contribution is -1.99. The zero-order chi connectivity index (χ0) is 25.5. The van der Waals surface area contributed by atoms with Gasteiger partial charge >= 0.3 is 0 Å². The molecule has 0 radical (unpaired) electrons. The standard InChI is InChI=1S/C38H22O/c1-4-12-28-23(8-1)16-18-32-34(28)21-25-10-3-5-13-29(25)36(32)27-20-26-11-7-15-31-33-19-17-24-9-2-6-14-30(24)38(33)39-35(22-27)37(26)31/h1-22H. The van der Waals surface area contributed by atoms with Crippen molar-refractivity contribution in [1.82, 2.24) is 0 Å². The highest BCUT2D eigenvalue weighted by Crippen LogP contribution is 2.51. The van der Waals surface area contributed by atoms with Gasteiger partial charge in [0.1, 0.15) is 11.5 Å². The van der Waals surface area contributed by atoms with Crippen LogP contribution in [0.3, 0.4) is 0 Å². The zero-order valence-corrected chi connectivity index (χ0v) is 21.1. The van der Waals surface area contributed by atoms with E-state index < -0.39 is 0 Å². The monoisotopic (exact) mass is 494 g/mol. The van der Waals surface area contributed by atoms with Gasteiger partial charge in [-0.15, -0.1) is 0 Å². The molecule has 180 valence electrons. The van der Waals surface area contributed by atoms with E-state index in [2.05, 4.69) is 133 Å². The average Bonchev–Trinajstić information content (AvgIpc) is 3.00. The predicted octanol–water partition coefficient (Wildman–Crippen LogP) is 10.9. The van der Waals surface area contributed by atoms with Crippen LogP contribution in [0.15, 0.2) is 133 Å². The second kappa shape index (κ2) is 7.69. The van der Waals surface area contributed by atoms with Crippen LogP contribution in [0, 0.1) is 0 Å². The van der Waals surface area contributed by atoms with Crippen LogP contribution in [-0.4, -0.2) is 0 Å². The molecule has 8 aromatic rings. The topological polar surface area (TPSA) is 9.23 Å². The van der Waals surface area contributed by atoms with Gasteiger partial charge in [0, 0.05) is 16.3 Å². The molecule has 0 saturated heterocycles. The van der Waals surface area contributed by atoms with E-state index in [9.17, 15) is 0 Å². The fourth-order valence-corrected chi connectivity index (χ4v) is 6.64. The first-order chi connectivity index (χ1) is 19.3. The van der Waals surface area contributed by atoms with Gasteiger partial charge in [-0.3, -0.25) is 0 Å². The number of fused-ring (bicyclic) bond motifs is 8. The smallest absolute Gasteiger partial charge is 0.143 e. The molecule has 0 N–H and O–H groups in total. The van der Waals surface area contributed by atoms with Gasteiger partial charge in [-0.1, -0.05) is 109 Å². The fourth-order valence-electron chi connectivity index (χ4n) is 6.64. The van der Waals surface area contributed by atoms with Gasteiger partial charge in [0.15, 0.2) is 0 Å². The molecule has 8 aromatic carbocycles. The summed E-state index contributed by atoms with van der Waals surface area (Å²) < 4.78 is 6.82. The van der Waals surface area contributed by atoms with Crippen LogP contribution < -0.4 is 4.74 Å². The Morgan fingerprint density at radius 1 is 0.385 bits per heavy atom. The minimum Gasteiger partial charge on any atom is -0.455 e. The SMILES string of the molecule is c1ccc2c3c(ccc2c1)-c1cccc2cc(-c4c5ccccc5cc5c4ccc4ccccc45)cc(c12)O3. The first-order valence-electron chi connectivity index (χ1n) is 13.4. The summed E-state index contributed by atoms with van der Waals surface area (Å²) in [7, 11) is 0. The van der Waals surface area contributed by atoms with Crippen LogP contribution >= 0.6 is 0 Å². The van der Waals surface area contributed by atoms with Crippen molar-refractivity contribution in [3.05, 3.63) is 133 Å². The quantitative estimate of drug-likeness (QED) is 0.163. The lowest BCUT2D eigenvalue weighted by molar-refractivity contribution is 0.493. The van der Waals surface area contributed by atoms with Crippen molar-refractivity contribution in [1.29, 1.82) is 0 Å². The first-order valence-corrected chi connectivity index (χ1v) is 13.4. The van der Waals surface area contributed by atoms with Gasteiger partial charge in [-0.2, -0.15) is 0 Å². The van der Waals surface area contributed by atoms with E-state index in [1.165, 1.54) is 65.2 Å². The van der Waals surface area contributed by atoms with Crippen LogP contribution in [0.1, 0.15) is 0 Å². The lowest BCUT2D eigenvalue weighted by Gasteiger charge is -2.24. The molecule has 0 aliphatic carbocycles. The molecule has 1 aliphatic heterocycles. The van der Waals surface area contributed by atoms with Crippen molar-refractivity contribution >= 4 is 53.9 Å². The van der Waals surface area contributed by atoms with Crippen LogP contribution in [0.25, 0.3) is 76.1 Å². The number of benzene rings is 8. The lowest BCUT2D eigenvalue weighted by atomic mass is 9.87. The van der Waals surface area contributed by atoms with Gasteiger partial charge in [-0.25, -0.2) is 0 Å². The fraction of sp³-hybridized carbons (Fsp3) is 0. The third-order valence-corrected chi connectivity index (χ3v) is 8.38. The molecular formula is C38H22O. The highest BCUT2D eigenvalue weighted by molar-refractivity contribution is 6.21. The molecule has 1 heterocycles. The Labute approximate surface area is 225 Å². The number of hydrogen-bond acceptors (Lipinski definition) is 1. The summed E-state index contributed by atoms with van der Waals surface area (Å²) in [5, 5.41) is 12.3. The Hall–Kier alpha value is -5.14. The van der Waals surface area contributed by atoms with Gasteiger partial charge < -0.3 is 4.74 Å². The van der Waals surface area contributed by atoms with E-state index in [-0.39, 0.29) is 0 Å². The van der Waals surface area contributed by atoms with E-state index >= 15 is 0 Å². The Morgan fingerprint density at radius 2 is 1.08 bits per heavy atom. The minimum atomic E-state index is 0.920. The van der Waals surface area contributed by atoms with Gasteiger partial charge in [-0.05, 0) is 84.0 Å². The van der Waals surface area contributed by atoms with Crippen LogP contribution in [0.4, 0.5) is 0 Å². The molecule has 0 aromatic heterocycles. The third-order valence-electron chi connectivity index (χ3n) is 8.38. The van der Waals surface area contributed by atoms with Gasteiger partial charge in [0.2, 0.25) is 0 Å². The molecule has 1 aliphatic rings. The van der Waals surface area contributed by atoms with E-state index in [1.54, 1.807) is 0 Å². The van der Waals surface area contributed by atoms with Crippen LogP contribution in [-0.2, 0) is 0 Å². The summed E-state index contributed by atoms with van der Waals surface area (Å²) in [5.74, 6) is 1.86. The number of hydrogen-bond donors (Lipinski definition) is 0. The average molecular weight is 495 g/mol. The molecule has 0 spiro atoms. The Morgan fingerprint density at radius 3 is 1.95 bits per heavy atom. The predicted molar refractivity (Wildman–Crippen MR) is 165 cm³/mol. The molecule has 9 rings (SSSR count). The maximum Gasteiger partial charge on any atom is 0.143 e. The molecule has 0 saturated carbocycles. The summed E-state index contributed by atoms with van der Waals surface area (Å²) in [6.45, 7) is 0. The van der Waals surface area contributed by atoms with E-state index in [4.69, 9.17) is 4.74 Å². The Balaban J connectivity index is 1.40. The maximum absolute atomic E-state index is 6.82.